The van der Waals surface area contributed by atoms with E-state index in [1.807, 2.05) is 0 Å². The summed E-state index contributed by atoms with van der Waals surface area (Å²) in [5.74, 6) is 0.526. The van der Waals surface area contributed by atoms with Crippen LogP contribution in [0.5, 0.6) is 11.5 Å². The molecule has 0 aromatic heterocycles. The van der Waals surface area contributed by atoms with Gasteiger partial charge in [-0.2, -0.15) is 0 Å². The molecule has 0 atom stereocenters. The lowest BCUT2D eigenvalue weighted by Gasteiger charge is -2.07. The predicted molar refractivity (Wildman–Crippen MR) is 65.3 cm³/mol. The Morgan fingerprint density at radius 1 is 0.842 bits per heavy atom. The van der Waals surface area contributed by atoms with Crippen LogP contribution in [0.2, 0.25) is 0 Å². The zero-order valence-corrected chi connectivity index (χ0v) is 10.6. The van der Waals surface area contributed by atoms with Crippen LogP contribution in [0.25, 0.3) is 0 Å². The van der Waals surface area contributed by atoms with Gasteiger partial charge in [-0.05, 0) is 43.5 Å². The smallest absolute Gasteiger partial charge is 0.503 e. The maximum absolute atomic E-state index is 9.40. The van der Waals surface area contributed by atoms with E-state index < -0.39 is 12.3 Å². The largest absolute Gasteiger partial charge is 0.508 e. The fourth-order valence-electron chi connectivity index (χ4n) is 1.05. The molecule has 1 aromatic rings. The number of aryl methyl sites for hydroxylation is 1. The van der Waals surface area contributed by atoms with Crippen LogP contribution in [-0.2, 0) is 0 Å². The van der Waals surface area contributed by atoms with Crippen molar-refractivity contribution in [1.82, 2.24) is 0 Å². The normalized spacial score (nSPS) is 8.37. The molecule has 0 aliphatic carbocycles. The number of hydrogen-bond donors (Lipinski definition) is 6. The molecule has 0 bridgehead atoms. The molecule has 1 aromatic carbocycles. The van der Waals surface area contributed by atoms with Gasteiger partial charge in [0.1, 0.15) is 11.5 Å². The summed E-state index contributed by atoms with van der Waals surface area (Å²) in [6, 6.07) is 1.57. The molecule has 0 aliphatic heterocycles. The van der Waals surface area contributed by atoms with Gasteiger partial charge in [-0.15, -0.1) is 0 Å². The second-order valence-corrected chi connectivity index (χ2v) is 3.38. The quantitative estimate of drug-likeness (QED) is 0.394. The van der Waals surface area contributed by atoms with E-state index in [9.17, 15) is 10.2 Å². The molecule has 19 heavy (non-hydrogen) atoms. The van der Waals surface area contributed by atoms with Crippen molar-refractivity contribution in [1.29, 1.82) is 0 Å². The van der Waals surface area contributed by atoms with Crippen molar-refractivity contribution in [3.63, 3.8) is 0 Å². The highest BCUT2D eigenvalue weighted by molar-refractivity contribution is 5.53. The van der Waals surface area contributed by atoms with Crippen molar-refractivity contribution in [3.8, 4) is 11.5 Å². The minimum absolute atomic E-state index is 0.248. The van der Waals surface area contributed by atoms with Gasteiger partial charge in [0.2, 0.25) is 0 Å². The van der Waals surface area contributed by atoms with E-state index in [2.05, 4.69) is 0 Å². The minimum atomic E-state index is -1.83. The van der Waals surface area contributed by atoms with Gasteiger partial charge in [0.05, 0.1) is 0 Å². The van der Waals surface area contributed by atoms with E-state index in [-0.39, 0.29) is 11.5 Å². The highest BCUT2D eigenvalue weighted by atomic mass is 16.6. The standard InChI is InChI=1S/C9H12O2.2CH2O3/c1-5-4-8(10)6(2)7(3)9(5)11;2*2-1(3)4/h4,10-11H,1-3H3;2*(H2,2,3,4). The predicted octanol–water partition coefficient (Wildman–Crippen LogP) is 2.47. The lowest BCUT2D eigenvalue weighted by molar-refractivity contribution is 0.135. The van der Waals surface area contributed by atoms with Crippen molar-refractivity contribution < 1.29 is 40.2 Å². The Morgan fingerprint density at radius 2 is 1.16 bits per heavy atom. The minimum Gasteiger partial charge on any atom is -0.508 e. The van der Waals surface area contributed by atoms with Crippen LogP contribution in [0.1, 0.15) is 16.7 Å². The Hall–Kier alpha value is -2.64. The topological polar surface area (TPSA) is 156 Å². The van der Waals surface area contributed by atoms with Crippen molar-refractivity contribution >= 4 is 12.3 Å². The van der Waals surface area contributed by atoms with Crippen molar-refractivity contribution in [2.45, 2.75) is 20.8 Å². The summed E-state index contributed by atoms with van der Waals surface area (Å²) in [5.41, 5.74) is 2.21. The first-order valence-electron chi connectivity index (χ1n) is 4.83. The summed E-state index contributed by atoms with van der Waals surface area (Å²) >= 11 is 0. The van der Waals surface area contributed by atoms with Crippen LogP contribution in [0.4, 0.5) is 9.59 Å². The number of rotatable bonds is 0. The van der Waals surface area contributed by atoms with Crippen molar-refractivity contribution in [3.05, 3.63) is 22.8 Å². The molecule has 8 nitrogen and oxygen atoms in total. The first-order valence-corrected chi connectivity index (χ1v) is 4.83. The third-order valence-electron chi connectivity index (χ3n) is 2.03. The third kappa shape index (κ3) is 9.10. The molecule has 0 aliphatic rings. The second kappa shape index (κ2) is 8.45. The molecule has 0 radical (unpaired) electrons. The van der Waals surface area contributed by atoms with Crippen molar-refractivity contribution in [2.24, 2.45) is 0 Å². The van der Waals surface area contributed by atoms with Crippen LogP contribution in [0.3, 0.4) is 0 Å². The van der Waals surface area contributed by atoms with Crippen LogP contribution < -0.4 is 0 Å². The van der Waals surface area contributed by atoms with E-state index in [4.69, 9.17) is 30.0 Å². The Morgan fingerprint density at radius 3 is 1.47 bits per heavy atom. The van der Waals surface area contributed by atoms with Crippen molar-refractivity contribution in [2.75, 3.05) is 0 Å². The zero-order valence-electron chi connectivity index (χ0n) is 10.6. The molecule has 108 valence electrons. The van der Waals surface area contributed by atoms with Crippen LogP contribution >= 0.6 is 0 Å². The summed E-state index contributed by atoms with van der Waals surface area (Å²) in [4.78, 5) is 17.1. The number of aromatic hydroxyl groups is 2. The molecule has 0 spiro atoms. The molecule has 0 amide bonds. The van der Waals surface area contributed by atoms with Gasteiger partial charge in [0.15, 0.2) is 0 Å². The lowest BCUT2D eigenvalue weighted by atomic mass is 10.0. The number of carboxylic acid groups (broad SMARTS) is 4. The first-order chi connectivity index (χ1) is 8.50. The van der Waals surface area contributed by atoms with Gasteiger partial charge in [-0.3, -0.25) is 0 Å². The van der Waals surface area contributed by atoms with E-state index in [0.717, 1.165) is 11.1 Å². The van der Waals surface area contributed by atoms with E-state index in [1.165, 1.54) is 0 Å². The average Bonchev–Trinajstić information content (AvgIpc) is 2.22. The van der Waals surface area contributed by atoms with E-state index in [0.29, 0.717) is 5.56 Å². The second-order valence-electron chi connectivity index (χ2n) is 3.38. The van der Waals surface area contributed by atoms with Gasteiger partial charge in [-0.1, -0.05) is 0 Å². The Kier molecular flexibility index (Phi) is 8.33. The molecule has 6 N–H and O–H groups in total. The molecular formula is C11H16O8. The molecule has 0 fully saturated rings. The maximum Gasteiger partial charge on any atom is 0.503 e. The lowest BCUT2D eigenvalue weighted by Crippen LogP contribution is -1.85. The van der Waals surface area contributed by atoms with Gasteiger partial charge >= 0.3 is 12.3 Å². The Bertz CT molecular complexity index is 406. The summed E-state index contributed by atoms with van der Waals surface area (Å²) in [7, 11) is 0. The van der Waals surface area contributed by atoms with Gasteiger partial charge in [0.25, 0.3) is 0 Å². The van der Waals surface area contributed by atoms with Crippen LogP contribution in [-0.4, -0.2) is 42.9 Å². The molecule has 0 saturated carbocycles. The summed E-state index contributed by atoms with van der Waals surface area (Å²) in [5, 5.41) is 46.6. The molecule has 8 heteroatoms. The molecular weight excluding hydrogens is 260 g/mol. The van der Waals surface area contributed by atoms with Crippen LogP contribution in [0.15, 0.2) is 6.07 Å². The fraction of sp³-hybridized carbons (Fsp3) is 0.273. The number of hydrogen-bond acceptors (Lipinski definition) is 4. The third-order valence-corrected chi connectivity index (χ3v) is 2.03. The van der Waals surface area contributed by atoms with Gasteiger partial charge in [-0.25, -0.2) is 9.59 Å². The zero-order chi connectivity index (χ0) is 15.7. The summed E-state index contributed by atoms with van der Waals surface area (Å²) in [6.45, 7) is 5.34. The highest BCUT2D eigenvalue weighted by Crippen LogP contribution is 2.30. The monoisotopic (exact) mass is 276 g/mol. The van der Waals surface area contributed by atoms with Gasteiger partial charge < -0.3 is 30.6 Å². The fourth-order valence-corrected chi connectivity index (χ4v) is 1.05. The Labute approximate surface area is 108 Å². The van der Waals surface area contributed by atoms with Gasteiger partial charge in [0, 0.05) is 0 Å². The number of phenols is 2. The molecule has 0 unspecified atom stereocenters. The Balaban J connectivity index is 0. The number of phenolic OH excluding ortho intramolecular Hbond substituents is 2. The van der Waals surface area contributed by atoms with Crippen LogP contribution in [0, 0.1) is 20.8 Å². The SMILES string of the molecule is Cc1cc(O)c(C)c(C)c1O.O=C(O)O.O=C(O)O. The maximum atomic E-state index is 9.40. The van der Waals surface area contributed by atoms with E-state index >= 15 is 0 Å². The summed E-state index contributed by atoms with van der Waals surface area (Å²) in [6.07, 6.45) is -3.67. The molecule has 1 rings (SSSR count). The summed E-state index contributed by atoms with van der Waals surface area (Å²) < 4.78 is 0. The highest BCUT2D eigenvalue weighted by Gasteiger charge is 2.06. The molecule has 0 heterocycles. The molecule has 0 saturated heterocycles. The average molecular weight is 276 g/mol. The first kappa shape index (κ1) is 18.7. The van der Waals surface area contributed by atoms with E-state index in [1.54, 1.807) is 26.8 Å². The number of carbonyl (C=O) groups is 2. The number of benzene rings is 1.